The van der Waals surface area contributed by atoms with E-state index in [1.165, 1.54) is 0 Å². The SMILES string of the molecule is CCC(=O)Nc1ccc(CNC(=O)N2CCN(c3ccc(C(F)(F)F)cc3[N+](=O)[O-])CC2)cc1. The highest BCUT2D eigenvalue weighted by atomic mass is 19.4. The fourth-order valence-electron chi connectivity index (χ4n) is 3.51. The molecule has 1 fully saturated rings. The Balaban J connectivity index is 1.55. The van der Waals surface area contributed by atoms with Gasteiger partial charge in [0.1, 0.15) is 5.69 Å². The van der Waals surface area contributed by atoms with E-state index >= 15 is 0 Å². The van der Waals surface area contributed by atoms with Crippen LogP contribution in [0.1, 0.15) is 24.5 Å². The van der Waals surface area contributed by atoms with Crippen molar-refractivity contribution in [1.29, 1.82) is 0 Å². The van der Waals surface area contributed by atoms with E-state index in [4.69, 9.17) is 0 Å². The van der Waals surface area contributed by atoms with E-state index in [2.05, 4.69) is 10.6 Å². The van der Waals surface area contributed by atoms with Gasteiger partial charge in [-0.25, -0.2) is 4.79 Å². The van der Waals surface area contributed by atoms with Gasteiger partial charge in [0.2, 0.25) is 5.91 Å². The van der Waals surface area contributed by atoms with Gasteiger partial charge < -0.3 is 20.4 Å². The number of nitro groups is 1. The van der Waals surface area contributed by atoms with E-state index in [0.29, 0.717) is 18.2 Å². The molecule has 0 radical (unpaired) electrons. The van der Waals surface area contributed by atoms with Crippen molar-refractivity contribution in [2.75, 3.05) is 36.4 Å². The number of nitrogens with one attached hydrogen (secondary N) is 2. The summed E-state index contributed by atoms with van der Waals surface area (Å²) >= 11 is 0. The van der Waals surface area contributed by atoms with Crippen LogP contribution in [0.4, 0.5) is 35.0 Å². The standard InChI is InChI=1S/C22H24F3N5O4/c1-2-20(31)27-17-6-3-15(4-7-17)14-26-21(32)29-11-9-28(10-12-29)18-8-5-16(22(23,24)25)13-19(18)30(33)34/h3-8,13H,2,9-12,14H2,1H3,(H,26,32)(H,27,31). The van der Waals surface area contributed by atoms with Crippen molar-refractivity contribution >= 4 is 29.0 Å². The summed E-state index contributed by atoms with van der Waals surface area (Å²) in [4.78, 5) is 37.6. The molecule has 12 heteroatoms. The summed E-state index contributed by atoms with van der Waals surface area (Å²) < 4.78 is 38.8. The fraction of sp³-hybridized carbons (Fsp3) is 0.364. The molecule has 0 atom stereocenters. The maximum atomic E-state index is 12.9. The minimum absolute atomic E-state index is 0.0910. The van der Waals surface area contributed by atoms with E-state index in [1.54, 1.807) is 41.0 Å². The van der Waals surface area contributed by atoms with Crippen molar-refractivity contribution in [1.82, 2.24) is 10.2 Å². The zero-order chi connectivity index (χ0) is 24.9. The van der Waals surface area contributed by atoms with Gasteiger partial charge in [0.15, 0.2) is 0 Å². The lowest BCUT2D eigenvalue weighted by Crippen LogP contribution is -2.51. The molecule has 0 saturated carbocycles. The molecule has 34 heavy (non-hydrogen) atoms. The Bertz CT molecular complexity index is 1050. The van der Waals surface area contributed by atoms with Crippen molar-refractivity contribution in [2.24, 2.45) is 0 Å². The quantitative estimate of drug-likeness (QED) is 0.481. The van der Waals surface area contributed by atoms with E-state index in [1.807, 2.05) is 0 Å². The van der Waals surface area contributed by atoms with Gasteiger partial charge in [-0.1, -0.05) is 19.1 Å². The largest absolute Gasteiger partial charge is 0.416 e. The van der Waals surface area contributed by atoms with E-state index < -0.39 is 22.4 Å². The number of nitro benzene ring substituents is 1. The highest BCUT2D eigenvalue weighted by Crippen LogP contribution is 2.36. The Morgan fingerprint density at radius 3 is 2.26 bits per heavy atom. The van der Waals surface area contributed by atoms with Crippen molar-refractivity contribution < 1.29 is 27.7 Å². The van der Waals surface area contributed by atoms with Crippen LogP contribution >= 0.6 is 0 Å². The summed E-state index contributed by atoms with van der Waals surface area (Å²) in [5, 5.41) is 16.9. The number of piperazine rings is 1. The summed E-state index contributed by atoms with van der Waals surface area (Å²) in [6.07, 6.45) is -4.30. The summed E-state index contributed by atoms with van der Waals surface area (Å²) in [5.41, 5.74) is -0.112. The molecule has 1 heterocycles. The van der Waals surface area contributed by atoms with Gasteiger partial charge in [-0.2, -0.15) is 13.2 Å². The smallest absolute Gasteiger partial charge is 0.362 e. The van der Waals surface area contributed by atoms with Crippen LogP contribution in [0, 0.1) is 10.1 Å². The van der Waals surface area contributed by atoms with Crippen molar-refractivity contribution in [3.05, 3.63) is 63.7 Å². The number of amides is 3. The molecular formula is C22H24F3N5O4. The molecule has 2 aromatic carbocycles. The van der Waals surface area contributed by atoms with Crippen molar-refractivity contribution in [2.45, 2.75) is 26.1 Å². The third kappa shape index (κ3) is 6.15. The van der Waals surface area contributed by atoms with Crippen LogP contribution in [-0.4, -0.2) is 47.9 Å². The zero-order valence-electron chi connectivity index (χ0n) is 18.4. The van der Waals surface area contributed by atoms with Gasteiger partial charge in [-0.3, -0.25) is 14.9 Å². The first-order chi connectivity index (χ1) is 16.1. The Kier molecular flexibility index (Phi) is 7.59. The third-order valence-electron chi connectivity index (χ3n) is 5.41. The fourth-order valence-corrected chi connectivity index (χ4v) is 3.51. The Hall–Kier alpha value is -3.83. The number of rotatable bonds is 6. The molecule has 1 aliphatic rings. The molecule has 9 nitrogen and oxygen atoms in total. The molecule has 1 saturated heterocycles. The lowest BCUT2D eigenvalue weighted by atomic mass is 10.1. The number of hydrogen-bond acceptors (Lipinski definition) is 5. The maximum absolute atomic E-state index is 12.9. The monoisotopic (exact) mass is 479 g/mol. The van der Waals surface area contributed by atoms with E-state index in [0.717, 1.165) is 17.7 Å². The lowest BCUT2D eigenvalue weighted by Gasteiger charge is -2.35. The van der Waals surface area contributed by atoms with Gasteiger partial charge in [-0.05, 0) is 29.8 Å². The average Bonchev–Trinajstić information content (AvgIpc) is 2.82. The summed E-state index contributed by atoms with van der Waals surface area (Å²) in [6.45, 7) is 3.02. The number of alkyl halides is 3. The van der Waals surface area contributed by atoms with Crippen LogP contribution in [0.25, 0.3) is 0 Å². The van der Waals surface area contributed by atoms with Gasteiger partial charge in [0.05, 0.1) is 10.5 Å². The van der Waals surface area contributed by atoms with E-state index in [9.17, 15) is 32.9 Å². The third-order valence-corrected chi connectivity index (χ3v) is 5.41. The zero-order valence-corrected chi connectivity index (χ0v) is 18.4. The first-order valence-electron chi connectivity index (χ1n) is 10.6. The molecule has 2 aromatic rings. The van der Waals surface area contributed by atoms with Crippen LogP contribution in [0.15, 0.2) is 42.5 Å². The predicted octanol–water partition coefficient (Wildman–Crippen LogP) is 3.99. The van der Waals surface area contributed by atoms with Gasteiger partial charge in [0.25, 0.3) is 5.69 Å². The van der Waals surface area contributed by atoms with E-state index in [-0.39, 0.29) is 50.3 Å². The molecule has 0 bridgehead atoms. The second-order valence-corrected chi connectivity index (χ2v) is 7.69. The molecule has 0 aliphatic carbocycles. The minimum atomic E-state index is -4.68. The number of halogens is 3. The van der Waals surface area contributed by atoms with Crippen molar-refractivity contribution in [3.63, 3.8) is 0 Å². The van der Waals surface area contributed by atoms with Crippen LogP contribution < -0.4 is 15.5 Å². The summed E-state index contributed by atoms with van der Waals surface area (Å²) in [5.74, 6) is -0.0955. The molecular weight excluding hydrogens is 455 g/mol. The molecule has 0 unspecified atom stereocenters. The Morgan fingerprint density at radius 2 is 1.71 bits per heavy atom. The van der Waals surface area contributed by atoms with Gasteiger partial charge in [0, 0.05) is 50.9 Å². The number of urea groups is 1. The molecule has 1 aliphatic heterocycles. The first kappa shape index (κ1) is 24.8. The molecule has 3 amide bonds. The normalized spacial score (nSPS) is 14.0. The van der Waals surface area contributed by atoms with Gasteiger partial charge >= 0.3 is 12.2 Å². The van der Waals surface area contributed by atoms with Crippen molar-refractivity contribution in [3.8, 4) is 0 Å². The molecule has 0 spiro atoms. The average molecular weight is 479 g/mol. The summed E-state index contributed by atoms with van der Waals surface area (Å²) in [7, 11) is 0. The predicted molar refractivity (Wildman–Crippen MR) is 119 cm³/mol. The number of anilines is 2. The Morgan fingerprint density at radius 1 is 1.06 bits per heavy atom. The number of hydrogen-bond donors (Lipinski definition) is 2. The topological polar surface area (TPSA) is 108 Å². The Labute approximate surface area is 193 Å². The van der Waals surface area contributed by atoms with Crippen LogP contribution in [0.5, 0.6) is 0 Å². The van der Waals surface area contributed by atoms with Crippen LogP contribution in [0.3, 0.4) is 0 Å². The lowest BCUT2D eigenvalue weighted by molar-refractivity contribution is -0.384. The second kappa shape index (κ2) is 10.4. The highest BCUT2D eigenvalue weighted by molar-refractivity contribution is 5.90. The maximum Gasteiger partial charge on any atom is 0.416 e. The van der Waals surface area contributed by atoms with Crippen LogP contribution in [-0.2, 0) is 17.5 Å². The second-order valence-electron chi connectivity index (χ2n) is 7.69. The summed E-state index contributed by atoms with van der Waals surface area (Å²) in [6, 6.07) is 9.19. The minimum Gasteiger partial charge on any atom is -0.362 e. The molecule has 0 aromatic heterocycles. The highest BCUT2D eigenvalue weighted by Gasteiger charge is 2.34. The number of nitrogens with zero attached hydrogens (tertiary/aromatic N) is 3. The number of carbonyl (C=O) groups excluding carboxylic acids is 2. The molecule has 2 N–H and O–H groups in total. The first-order valence-corrected chi connectivity index (χ1v) is 10.6. The number of benzene rings is 2. The van der Waals surface area contributed by atoms with Gasteiger partial charge in [-0.15, -0.1) is 0 Å². The molecule has 3 rings (SSSR count). The van der Waals surface area contributed by atoms with Crippen LogP contribution in [0.2, 0.25) is 0 Å². The molecule has 182 valence electrons. The number of carbonyl (C=O) groups is 2.